The second-order valence-corrected chi connectivity index (χ2v) is 6.41. The number of carbonyl (C=O) groups excluding carboxylic acids is 1. The van der Waals surface area contributed by atoms with Crippen LogP contribution in [0.15, 0.2) is 66.9 Å². The van der Waals surface area contributed by atoms with Crippen LogP contribution < -0.4 is 10.6 Å². The maximum absolute atomic E-state index is 13.6. The lowest BCUT2D eigenvalue weighted by Crippen LogP contribution is -2.12. The number of rotatable bonds is 7. The van der Waals surface area contributed by atoms with Gasteiger partial charge in [-0.05, 0) is 37.1 Å². The van der Waals surface area contributed by atoms with E-state index in [0.29, 0.717) is 36.5 Å². The van der Waals surface area contributed by atoms with E-state index in [1.54, 1.807) is 36.5 Å². The number of halogens is 1. The zero-order chi connectivity index (χ0) is 19.1. The molecule has 2 N–H and O–H groups in total. The van der Waals surface area contributed by atoms with Crippen LogP contribution in [0, 0.1) is 12.7 Å². The molecular formula is C22H22FN3O. The molecule has 0 aliphatic heterocycles. The van der Waals surface area contributed by atoms with Crippen LogP contribution in [0.1, 0.15) is 23.1 Å². The molecule has 1 amide bonds. The highest BCUT2D eigenvalue weighted by molar-refractivity contribution is 5.90. The highest BCUT2D eigenvalue weighted by Gasteiger charge is 2.05. The van der Waals surface area contributed by atoms with Crippen molar-refractivity contribution in [2.45, 2.75) is 26.3 Å². The molecule has 0 saturated heterocycles. The lowest BCUT2D eigenvalue weighted by molar-refractivity contribution is -0.116. The second kappa shape index (κ2) is 8.94. The Labute approximate surface area is 158 Å². The number of aromatic nitrogens is 1. The van der Waals surface area contributed by atoms with Gasteiger partial charge in [-0.1, -0.05) is 48.0 Å². The van der Waals surface area contributed by atoms with Crippen molar-refractivity contribution >= 4 is 17.4 Å². The zero-order valence-electron chi connectivity index (χ0n) is 15.2. The van der Waals surface area contributed by atoms with Gasteiger partial charge in [0.25, 0.3) is 0 Å². The van der Waals surface area contributed by atoms with Crippen molar-refractivity contribution in [1.82, 2.24) is 4.98 Å². The largest absolute Gasteiger partial charge is 0.366 e. The minimum Gasteiger partial charge on any atom is -0.366 e. The van der Waals surface area contributed by atoms with E-state index in [1.165, 1.54) is 11.6 Å². The van der Waals surface area contributed by atoms with Crippen LogP contribution in [-0.4, -0.2) is 10.9 Å². The number of nitrogens with zero attached hydrogens (tertiary/aromatic N) is 1. The van der Waals surface area contributed by atoms with Crippen molar-refractivity contribution in [3.63, 3.8) is 0 Å². The number of amides is 1. The monoisotopic (exact) mass is 363 g/mol. The van der Waals surface area contributed by atoms with Crippen LogP contribution in [0.4, 0.5) is 15.9 Å². The third kappa shape index (κ3) is 5.64. The zero-order valence-corrected chi connectivity index (χ0v) is 15.2. The van der Waals surface area contributed by atoms with Crippen molar-refractivity contribution in [1.29, 1.82) is 0 Å². The number of nitrogens with one attached hydrogen (secondary N) is 2. The van der Waals surface area contributed by atoms with Gasteiger partial charge in [-0.15, -0.1) is 0 Å². The van der Waals surface area contributed by atoms with Crippen molar-refractivity contribution in [3.8, 4) is 0 Å². The summed E-state index contributed by atoms with van der Waals surface area (Å²) in [7, 11) is 0. The van der Waals surface area contributed by atoms with Crippen molar-refractivity contribution in [3.05, 3.63) is 89.4 Å². The SMILES string of the molecule is Cc1ccc(CCC(=O)Nc2ccc(NCc3ccccc3F)nc2)cc1. The number of anilines is 2. The lowest BCUT2D eigenvalue weighted by Gasteiger charge is -2.09. The molecule has 0 unspecified atom stereocenters. The van der Waals surface area contributed by atoms with Gasteiger partial charge in [-0.25, -0.2) is 9.37 Å². The molecule has 1 heterocycles. The minimum absolute atomic E-state index is 0.0514. The van der Waals surface area contributed by atoms with Gasteiger partial charge in [0.2, 0.25) is 5.91 Å². The second-order valence-electron chi connectivity index (χ2n) is 6.41. The molecule has 5 heteroatoms. The Morgan fingerprint density at radius 3 is 2.52 bits per heavy atom. The maximum Gasteiger partial charge on any atom is 0.224 e. The van der Waals surface area contributed by atoms with Crippen molar-refractivity contribution < 1.29 is 9.18 Å². The van der Waals surface area contributed by atoms with Gasteiger partial charge in [0, 0.05) is 18.5 Å². The van der Waals surface area contributed by atoms with Gasteiger partial charge < -0.3 is 10.6 Å². The first-order valence-electron chi connectivity index (χ1n) is 8.89. The Balaban J connectivity index is 1.47. The predicted octanol–water partition coefficient (Wildman–Crippen LogP) is 4.71. The lowest BCUT2D eigenvalue weighted by atomic mass is 10.1. The normalized spacial score (nSPS) is 10.4. The van der Waals surface area contributed by atoms with Crippen molar-refractivity contribution in [2.75, 3.05) is 10.6 Å². The minimum atomic E-state index is -0.248. The fourth-order valence-corrected chi connectivity index (χ4v) is 2.64. The van der Waals surface area contributed by atoms with Crippen LogP contribution in [0.2, 0.25) is 0 Å². The molecule has 3 rings (SSSR count). The number of hydrogen-bond donors (Lipinski definition) is 2. The number of aryl methyl sites for hydroxylation is 2. The summed E-state index contributed by atoms with van der Waals surface area (Å²) in [6.45, 7) is 2.39. The standard InChI is InChI=1S/C22H22FN3O/c1-16-6-8-17(9-7-16)10-13-22(27)26-19-11-12-21(25-15-19)24-14-18-4-2-3-5-20(18)23/h2-9,11-12,15H,10,13-14H2,1H3,(H,24,25)(H,26,27). The molecule has 0 aliphatic carbocycles. The summed E-state index contributed by atoms with van der Waals surface area (Å²) in [6, 6.07) is 18.3. The van der Waals surface area contributed by atoms with Gasteiger partial charge >= 0.3 is 0 Å². The summed E-state index contributed by atoms with van der Waals surface area (Å²) in [6.07, 6.45) is 2.70. The summed E-state index contributed by atoms with van der Waals surface area (Å²) in [4.78, 5) is 16.3. The van der Waals surface area contributed by atoms with Gasteiger partial charge in [0.05, 0.1) is 11.9 Å². The van der Waals surface area contributed by atoms with E-state index in [0.717, 1.165) is 5.56 Å². The Bertz CT molecular complexity index is 892. The summed E-state index contributed by atoms with van der Waals surface area (Å²) >= 11 is 0. The summed E-state index contributed by atoms with van der Waals surface area (Å²) in [5.74, 6) is 0.322. The molecule has 0 spiro atoms. The van der Waals surface area contributed by atoms with E-state index < -0.39 is 0 Å². The molecule has 0 bridgehead atoms. The van der Waals surface area contributed by atoms with Gasteiger partial charge in [-0.3, -0.25) is 4.79 Å². The number of hydrogen-bond acceptors (Lipinski definition) is 3. The maximum atomic E-state index is 13.6. The highest BCUT2D eigenvalue weighted by atomic mass is 19.1. The van der Waals surface area contributed by atoms with Gasteiger partial charge in [-0.2, -0.15) is 0 Å². The third-order valence-corrected chi connectivity index (χ3v) is 4.23. The van der Waals surface area contributed by atoms with E-state index in [4.69, 9.17) is 0 Å². The third-order valence-electron chi connectivity index (χ3n) is 4.23. The van der Waals surface area contributed by atoms with Crippen LogP contribution in [0.5, 0.6) is 0 Å². The number of pyridine rings is 1. The van der Waals surface area contributed by atoms with Crippen LogP contribution in [-0.2, 0) is 17.8 Å². The van der Waals surface area contributed by atoms with Gasteiger partial charge in [0.1, 0.15) is 11.6 Å². The molecule has 1 aromatic heterocycles. The Morgan fingerprint density at radius 1 is 1.04 bits per heavy atom. The fourth-order valence-electron chi connectivity index (χ4n) is 2.64. The molecule has 0 saturated carbocycles. The Hall–Kier alpha value is -3.21. The molecule has 0 radical (unpaired) electrons. The molecule has 0 aliphatic rings. The summed E-state index contributed by atoms with van der Waals surface area (Å²) in [5, 5.41) is 5.91. The molecule has 2 aromatic carbocycles. The Kier molecular flexibility index (Phi) is 6.15. The first-order chi connectivity index (χ1) is 13.1. The average Bonchev–Trinajstić information content (AvgIpc) is 2.68. The smallest absolute Gasteiger partial charge is 0.224 e. The van der Waals surface area contributed by atoms with Gasteiger partial charge in [0.15, 0.2) is 0 Å². The van der Waals surface area contributed by atoms with E-state index in [-0.39, 0.29) is 11.7 Å². The van der Waals surface area contributed by atoms with E-state index in [2.05, 4.69) is 15.6 Å². The first kappa shape index (κ1) is 18.6. The number of carbonyl (C=O) groups is 1. The average molecular weight is 363 g/mol. The van der Waals surface area contributed by atoms with E-state index in [9.17, 15) is 9.18 Å². The predicted molar refractivity (Wildman–Crippen MR) is 106 cm³/mol. The topological polar surface area (TPSA) is 54.0 Å². The first-order valence-corrected chi connectivity index (χ1v) is 8.89. The van der Waals surface area contributed by atoms with Crippen LogP contribution in [0.25, 0.3) is 0 Å². The van der Waals surface area contributed by atoms with Crippen LogP contribution >= 0.6 is 0 Å². The summed E-state index contributed by atoms with van der Waals surface area (Å²) in [5.41, 5.74) is 3.56. The highest BCUT2D eigenvalue weighted by Crippen LogP contribution is 2.13. The fraction of sp³-hybridized carbons (Fsp3) is 0.182. The number of benzene rings is 2. The summed E-state index contributed by atoms with van der Waals surface area (Å²) < 4.78 is 13.6. The van der Waals surface area contributed by atoms with E-state index >= 15 is 0 Å². The quantitative estimate of drug-likeness (QED) is 0.639. The molecule has 3 aromatic rings. The molecule has 0 atom stereocenters. The van der Waals surface area contributed by atoms with Crippen LogP contribution in [0.3, 0.4) is 0 Å². The molecule has 27 heavy (non-hydrogen) atoms. The molecule has 138 valence electrons. The van der Waals surface area contributed by atoms with Crippen molar-refractivity contribution in [2.24, 2.45) is 0 Å². The molecule has 4 nitrogen and oxygen atoms in total. The Morgan fingerprint density at radius 2 is 1.81 bits per heavy atom. The van der Waals surface area contributed by atoms with E-state index in [1.807, 2.05) is 31.2 Å². The molecule has 0 fully saturated rings. The molecular weight excluding hydrogens is 341 g/mol.